The van der Waals surface area contributed by atoms with Crippen LogP contribution in [-0.4, -0.2) is 26.6 Å². The summed E-state index contributed by atoms with van der Waals surface area (Å²) in [6, 6.07) is 3.47. The molecule has 0 atom stereocenters. The van der Waals surface area contributed by atoms with Gasteiger partial charge in [-0.3, -0.25) is 4.79 Å². The van der Waals surface area contributed by atoms with Gasteiger partial charge in [-0.2, -0.15) is 0 Å². The lowest BCUT2D eigenvalue weighted by Gasteiger charge is -2.12. The molecule has 4 nitrogen and oxygen atoms in total. The van der Waals surface area contributed by atoms with Gasteiger partial charge < -0.3 is 15.4 Å². The Morgan fingerprint density at radius 3 is 2.75 bits per heavy atom. The molecular formula is C11H15ClN2O2. The molecule has 1 rings (SSSR count). The highest BCUT2D eigenvalue weighted by molar-refractivity contribution is 6.31. The van der Waals surface area contributed by atoms with Gasteiger partial charge in [0.25, 0.3) is 0 Å². The van der Waals surface area contributed by atoms with E-state index in [1.54, 1.807) is 19.2 Å². The van der Waals surface area contributed by atoms with Crippen LogP contribution >= 0.6 is 11.6 Å². The quantitative estimate of drug-likeness (QED) is 0.847. The minimum Gasteiger partial charge on any atom is -0.495 e. The molecule has 0 unspecified atom stereocenters. The van der Waals surface area contributed by atoms with Gasteiger partial charge in [0.05, 0.1) is 19.3 Å². The molecular weight excluding hydrogens is 228 g/mol. The fraction of sp³-hybridized carbons (Fsp3) is 0.364. The Balaban J connectivity index is 2.94. The molecule has 16 heavy (non-hydrogen) atoms. The Kier molecular flexibility index (Phi) is 4.58. The maximum atomic E-state index is 11.4. The molecule has 0 aliphatic rings. The topological polar surface area (TPSA) is 50.4 Å². The van der Waals surface area contributed by atoms with Crippen LogP contribution in [0.5, 0.6) is 5.75 Å². The second kappa shape index (κ2) is 5.72. The Labute approximate surface area is 99.9 Å². The smallest absolute Gasteiger partial charge is 0.238 e. The van der Waals surface area contributed by atoms with E-state index in [1.165, 1.54) is 7.11 Å². The van der Waals surface area contributed by atoms with E-state index < -0.39 is 0 Å². The minimum absolute atomic E-state index is 0.123. The fourth-order valence-electron chi connectivity index (χ4n) is 1.28. The highest BCUT2D eigenvalue weighted by Gasteiger charge is 2.09. The zero-order chi connectivity index (χ0) is 12.1. The molecule has 0 fully saturated rings. The minimum atomic E-state index is -0.123. The first-order chi connectivity index (χ1) is 7.58. The van der Waals surface area contributed by atoms with Crippen LogP contribution in [0.25, 0.3) is 0 Å². The highest BCUT2D eigenvalue weighted by Crippen LogP contribution is 2.30. The summed E-state index contributed by atoms with van der Waals surface area (Å²) in [6.45, 7) is 2.13. The number of hydrogen-bond donors (Lipinski definition) is 2. The molecule has 0 aromatic heterocycles. The van der Waals surface area contributed by atoms with E-state index in [-0.39, 0.29) is 12.5 Å². The van der Waals surface area contributed by atoms with Gasteiger partial charge in [-0.1, -0.05) is 11.6 Å². The number of likely N-dealkylation sites (N-methyl/N-ethyl adjacent to an activating group) is 1. The normalized spacial score (nSPS) is 10.0. The number of aryl methyl sites for hydroxylation is 1. The Morgan fingerprint density at radius 1 is 1.50 bits per heavy atom. The summed E-state index contributed by atoms with van der Waals surface area (Å²) in [4.78, 5) is 11.4. The number of carbonyl (C=O) groups excluding carboxylic acids is 1. The molecule has 0 heterocycles. The van der Waals surface area contributed by atoms with E-state index in [2.05, 4.69) is 10.6 Å². The average Bonchev–Trinajstić information content (AvgIpc) is 2.23. The van der Waals surface area contributed by atoms with Gasteiger partial charge in [0, 0.05) is 11.1 Å². The number of ether oxygens (including phenoxy) is 1. The van der Waals surface area contributed by atoms with E-state index in [4.69, 9.17) is 16.3 Å². The van der Waals surface area contributed by atoms with Crippen molar-refractivity contribution in [1.29, 1.82) is 0 Å². The van der Waals surface area contributed by atoms with Crippen LogP contribution in [0.15, 0.2) is 12.1 Å². The van der Waals surface area contributed by atoms with E-state index >= 15 is 0 Å². The van der Waals surface area contributed by atoms with Gasteiger partial charge >= 0.3 is 0 Å². The van der Waals surface area contributed by atoms with Crippen molar-refractivity contribution in [3.05, 3.63) is 22.7 Å². The first-order valence-corrected chi connectivity index (χ1v) is 5.25. The van der Waals surface area contributed by atoms with Crippen molar-refractivity contribution < 1.29 is 9.53 Å². The Bertz CT molecular complexity index is 394. The molecule has 0 bridgehead atoms. The molecule has 1 amide bonds. The largest absolute Gasteiger partial charge is 0.495 e. The van der Waals surface area contributed by atoms with Crippen LogP contribution in [-0.2, 0) is 4.79 Å². The van der Waals surface area contributed by atoms with E-state index in [9.17, 15) is 4.79 Å². The molecule has 0 aliphatic heterocycles. The Hall–Kier alpha value is -1.26. The number of methoxy groups -OCH3 is 1. The zero-order valence-electron chi connectivity index (χ0n) is 9.56. The molecule has 0 aliphatic carbocycles. The number of benzene rings is 1. The molecule has 0 radical (unpaired) electrons. The van der Waals surface area contributed by atoms with Crippen LogP contribution < -0.4 is 15.4 Å². The molecule has 2 N–H and O–H groups in total. The summed E-state index contributed by atoms with van der Waals surface area (Å²) in [6.07, 6.45) is 0. The summed E-state index contributed by atoms with van der Waals surface area (Å²) >= 11 is 5.96. The van der Waals surface area contributed by atoms with Crippen LogP contribution in [0.4, 0.5) is 5.69 Å². The van der Waals surface area contributed by atoms with E-state index in [1.807, 2.05) is 6.92 Å². The standard InChI is InChI=1S/C11H15ClN2O2/c1-7-4-9(14-11(15)6-13-2)10(16-3)5-8(7)12/h4-5,13H,6H2,1-3H3,(H,14,15). The average molecular weight is 243 g/mol. The summed E-state index contributed by atoms with van der Waals surface area (Å²) < 4.78 is 5.14. The van der Waals surface area contributed by atoms with Crippen molar-refractivity contribution in [2.45, 2.75) is 6.92 Å². The van der Waals surface area contributed by atoms with Gasteiger partial charge in [0.1, 0.15) is 5.75 Å². The van der Waals surface area contributed by atoms with Crippen LogP contribution in [0, 0.1) is 6.92 Å². The van der Waals surface area contributed by atoms with Crippen molar-refractivity contribution in [2.75, 3.05) is 26.0 Å². The van der Waals surface area contributed by atoms with Crippen molar-refractivity contribution in [2.24, 2.45) is 0 Å². The third-order valence-electron chi connectivity index (χ3n) is 2.09. The van der Waals surface area contributed by atoms with Crippen molar-refractivity contribution in [1.82, 2.24) is 5.32 Å². The predicted molar refractivity (Wildman–Crippen MR) is 65.3 cm³/mol. The number of rotatable bonds is 4. The molecule has 88 valence electrons. The lowest BCUT2D eigenvalue weighted by atomic mass is 10.2. The maximum absolute atomic E-state index is 11.4. The predicted octanol–water partition coefficient (Wildman–Crippen LogP) is 1.81. The molecule has 0 saturated heterocycles. The maximum Gasteiger partial charge on any atom is 0.238 e. The van der Waals surface area contributed by atoms with Crippen LogP contribution in [0.2, 0.25) is 5.02 Å². The summed E-state index contributed by atoms with van der Waals surface area (Å²) in [7, 11) is 3.25. The van der Waals surface area contributed by atoms with Crippen molar-refractivity contribution >= 4 is 23.2 Å². The van der Waals surface area contributed by atoms with Gasteiger partial charge in [-0.05, 0) is 25.6 Å². The fourth-order valence-corrected chi connectivity index (χ4v) is 1.44. The third kappa shape index (κ3) is 3.12. The SMILES string of the molecule is CNCC(=O)Nc1cc(C)c(Cl)cc1OC. The van der Waals surface area contributed by atoms with Crippen LogP contribution in [0.3, 0.4) is 0 Å². The number of hydrogen-bond acceptors (Lipinski definition) is 3. The van der Waals surface area contributed by atoms with Crippen molar-refractivity contribution in [3.63, 3.8) is 0 Å². The number of amides is 1. The third-order valence-corrected chi connectivity index (χ3v) is 2.50. The second-order valence-electron chi connectivity index (χ2n) is 3.38. The molecule has 1 aromatic rings. The van der Waals surface area contributed by atoms with Gasteiger partial charge in [-0.15, -0.1) is 0 Å². The highest BCUT2D eigenvalue weighted by atomic mass is 35.5. The number of carbonyl (C=O) groups is 1. The van der Waals surface area contributed by atoms with Crippen LogP contribution in [0.1, 0.15) is 5.56 Å². The summed E-state index contributed by atoms with van der Waals surface area (Å²) in [5, 5.41) is 6.13. The summed E-state index contributed by atoms with van der Waals surface area (Å²) in [5.41, 5.74) is 1.52. The molecule has 5 heteroatoms. The Morgan fingerprint density at radius 2 is 2.19 bits per heavy atom. The lowest BCUT2D eigenvalue weighted by Crippen LogP contribution is -2.25. The molecule has 0 spiro atoms. The number of halogens is 1. The first-order valence-electron chi connectivity index (χ1n) is 4.87. The second-order valence-corrected chi connectivity index (χ2v) is 3.79. The monoisotopic (exact) mass is 242 g/mol. The number of nitrogens with one attached hydrogen (secondary N) is 2. The molecule has 1 aromatic carbocycles. The van der Waals surface area contributed by atoms with Crippen molar-refractivity contribution in [3.8, 4) is 5.75 Å². The molecule has 0 saturated carbocycles. The van der Waals surface area contributed by atoms with Gasteiger partial charge in [-0.25, -0.2) is 0 Å². The number of anilines is 1. The van der Waals surface area contributed by atoms with E-state index in [0.717, 1.165) is 5.56 Å². The summed E-state index contributed by atoms with van der Waals surface area (Å²) in [5.74, 6) is 0.433. The van der Waals surface area contributed by atoms with E-state index in [0.29, 0.717) is 16.5 Å². The van der Waals surface area contributed by atoms with Gasteiger partial charge in [0.2, 0.25) is 5.91 Å². The van der Waals surface area contributed by atoms with Gasteiger partial charge in [0.15, 0.2) is 0 Å². The lowest BCUT2D eigenvalue weighted by molar-refractivity contribution is -0.115. The first kappa shape index (κ1) is 12.8. The zero-order valence-corrected chi connectivity index (χ0v) is 10.3.